The van der Waals surface area contributed by atoms with Gasteiger partial charge in [-0.1, -0.05) is 29.8 Å². The van der Waals surface area contributed by atoms with E-state index in [1.165, 1.54) is 17.3 Å². The zero-order valence-corrected chi connectivity index (χ0v) is 13.6. The van der Waals surface area contributed by atoms with Crippen LogP contribution in [0.25, 0.3) is 11.0 Å². The molecule has 0 radical (unpaired) electrons. The van der Waals surface area contributed by atoms with Gasteiger partial charge in [0.25, 0.3) is 5.56 Å². The van der Waals surface area contributed by atoms with E-state index in [1.807, 2.05) is 0 Å². The number of piperazine rings is 1. The van der Waals surface area contributed by atoms with Crippen molar-refractivity contribution >= 4 is 17.0 Å². The Morgan fingerprint density at radius 2 is 2.04 bits per heavy atom. The van der Waals surface area contributed by atoms with E-state index in [9.17, 15) is 4.79 Å². The molecule has 7 heteroatoms. The standard InChI is InChI=1S/C17H20N6O/c1-12-3-2-4-13(9-12)11-22-5-7-23(8-6-22)17-19-15-14(10-18-21-15)16(24)20-17/h2-4,9-10H,5-8,11H2,1H3,(H2,18,19,20,21,24). The molecule has 4 rings (SSSR count). The van der Waals surface area contributed by atoms with Crippen LogP contribution in [0.15, 0.2) is 35.3 Å². The highest BCUT2D eigenvalue weighted by Gasteiger charge is 2.19. The number of fused-ring (bicyclic) bond motifs is 1. The maximum absolute atomic E-state index is 12.0. The summed E-state index contributed by atoms with van der Waals surface area (Å²) in [5.74, 6) is 0.618. The lowest BCUT2D eigenvalue weighted by atomic mass is 10.1. The molecule has 124 valence electrons. The summed E-state index contributed by atoms with van der Waals surface area (Å²) in [5, 5.41) is 7.15. The van der Waals surface area contributed by atoms with Crippen molar-refractivity contribution in [1.82, 2.24) is 25.1 Å². The number of hydrogen-bond donors (Lipinski definition) is 2. The van der Waals surface area contributed by atoms with Crippen LogP contribution in [-0.2, 0) is 6.54 Å². The Balaban J connectivity index is 1.44. The summed E-state index contributed by atoms with van der Waals surface area (Å²) in [6.07, 6.45) is 1.50. The van der Waals surface area contributed by atoms with Gasteiger partial charge in [0.2, 0.25) is 5.95 Å². The Kier molecular flexibility index (Phi) is 3.78. The van der Waals surface area contributed by atoms with E-state index in [2.05, 4.69) is 61.2 Å². The Morgan fingerprint density at radius 3 is 2.83 bits per heavy atom. The van der Waals surface area contributed by atoms with Gasteiger partial charge in [-0.3, -0.25) is 19.8 Å². The second kappa shape index (κ2) is 6.09. The van der Waals surface area contributed by atoms with E-state index < -0.39 is 0 Å². The minimum atomic E-state index is -0.147. The molecule has 0 bridgehead atoms. The van der Waals surface area contributed by atoms with Gasteiger partial charge in [0.05, 0.1) is 6.20 Å². The van der Waals surface area contributed by atoms with Gasteiger partial charge in [-0.05, 0) is 12.5 Å². The van der Waals surface area contributed by atoms with Crippen LogP contribution in [0.5, 0.6) is 0 Å². The third-order valence-electron chi connectivity index (χ3n) is 4.47. The molecule has 1 aliphatic rings. The molecule has 0 unspecified atom stereocenters. The average molecular weight is 324 g/mol. The summed E-state index contributed by atoms with van der Waals surface area (Å²) in [5.41, 5.74) is 3.02. The molecule has 24 heavy (non-hydrogen) atoms. The fraction of sp³-hybridized carbons (Fsp3) is 0.353. The van der Waals surface area contributed by atoms with Crippen LogP contribution in [0.3, 0.4) is 0 Å². The first-order valence-electron chi connectivity index (χ1n) is 8.15. The molecule has 3 heterocycles. The van der Waals surface area contributed by atoms with Crippen molar-refractivity contribution in [2.45, 2.75) is 13.5 Å². The first-order chi connectivity index (χ1) is 11.7. The molecule has 0 spiro atoms. The molecule has 7 nitrogen and oxygen atoms in total. The van der Waals surface area contributed by atoms with Gasteiger partial charge >= 0.3 is 0 Å². The third kappa shape index (κ3) is 2.90. The summed E-state index contributed by atoms with van der Waals surface area (Å²) >= 11 is 0. The van der Waals surface area contributed by atoms with Crippen LogP contribution in [-0.4, -0.2) is 51.2 Å². The van der Waals surface area contributed by atoms with Gasteiger partial charge < -0.3 is 4.90 Å². The van der Waals surface area contributed by atoms with Crippen molar-refractivity contribution in [3.05, 3.63) is 51.9 Å². The number of aryl methyl sites for hydroxylation is 1. The number of anilines is 1. The van der Waals surface area contributed by atoms with Crippen molar-refractivity contribution in [3.8, 4) is 0 Å². The van der Waals surface area contributed by atoms with E-state index in [-0.39, 0.29) is 5.56 Å². The monoisotopic (exact) mass is 324 g/mol. The van der Waals surface area contributed by atoms with E-state index >= 15 is 0 Å². The van der Waals surface area contributed by atoms with Crippen molar-refractivity contribution in [2.24, 2.45) is 0 Å². The number of aromatic nitrogens is 4. The number of nitrogens with one attached hydrogen (secondary N) is 2. The molecular formula is C17H20N6O. The number of rotatable bonds is 3. The summed E-state index contributed by atoms with van der Waals surface area (Å²) < 4.78 is 0. The maximum Gasteiger partial charge on any atom is 0.263 e. The van der Waals surface area contributed by atoms with Crippen molar-refractivity contribution in [1.29, 1.82) is 0 Å². The first-order valence-corrected chi connectivity index (χ1v) is 8.15. The predicted molar refractivity (Wildman–Crippen MR) is 93.2 cm³/mol. The van der Waals surface area contributed by atoms with Gasteiger partial charge in [0.15, 0.2) is 5.65 Å². The first kappa shape index (κ1) is 14.9. The molecule has 1 fully saturated rings. The number of benzene rings is 1. The summed E-state index contributed by atoms with van der Waals surface area (Å²) in [6.45, 7) is 6.65. The summed E-state index contributed by atoms with van der Waals surface area (Å²) in [7, 11) is 0. The minimum absolute atomic E-state index is 0.147. The van der Waals surface area contributed by atoms with E-state index in [0.29, 0.717) is 17.0 Å². The largest absolute Gasteiger partial charge is 0.340 e. The van der Waals surface area contributed by atoms with Crippen molar-refractivity contribution < 1.29 is 0 Å². The topological polar surface area (TPSA) is 80.9 Å². The van der Waals surface area contributed by atoms with Crippen molar-refractivity contribution in [3.63, 3.8) is 0 Å². The molecule has 0 atom stereocenters. The van der Waals surface area contributed by atoms with E-state index in [4.69, 9.17) is 0 Å². The number of hydrogen-bond acceptors (Lipinski definition) is 5. The van der Waals surface area contributed by atoms with Gasteiger partial charge in [-0.2, -0.15) is 10.1 Å². The molecule has 1 aromatic carbocycles. The fourth-order valence-electron chi connectivity index (χ4n) is 3.17. The van der Waals surface area contributed by atoms with Gasteiger partial charge in [-0.15, -0.1) is 0 Å². The van der Waals surface area contributed by atoms with E-state index in [1.54, 1.807) is 0 Å². The second-order valence-corrected chi connectivity index (χ2v) is 6.27. The smallest absolute Gasteiger partial charge is 0.263 e. The van der Waals surface area contributed by atoms with Crippen LogP contribution < -0.4 is 10.5 Å². The van der Waals surface area contributed by atoms with Gasteiger partial charge in [0.1, 0.15) is 5.39 Å². The lowest BCUT2D eigenvalue weighted by Crippen LogP contribution is -2.46. The number of nitrogens with zero attached hydrogens (tertiary/aromatic N) is 4. The lowest BCUT2D eigenvalue weighted by molar-refractivity contribution is 0.248. The molecule has 0 amide bonds. The highest BCUT2D eigenvalue weighted by atomic mass is 16.1. The SMILES string of the molecule is Cc1cccc(CN2CCN(c3nc4[nH]ncc4c(=O)[nH]3)CC2)c1. The van der Waals surface area contributed by atoms with Crippen LogP contribution in [0.2, 0.25) is 0 Å². The Hall–Kier alpha value is -2.67. The number of H-pyrrole nitrogens is 2. The highest BCUT2D eigenvalue weighted by molar-refractivity contribution is 5.73. The number of aromatic amines is 2. The summed E-state index contributed by atoms with van der Waals surface area (Å²) in [4.78, 5) is 23.9. The Bertz CT molecular complexity index is 907. The van der Waals surface area contributed by atoms with E-state index in [0.717, 1.165) is 32.7 Å². The van der Waals surface area contributed by atoms with Crippen LogP contribution in [0.4, 0.5) is 5.95 Å². The molecular weight excluding hydrogens is 304 g/mol. The third-order valence-corrected chi connectivity index (χ3v) is 4.47. The fourth-order valence-corrected chi connectivity index (χ4v) is 3.17. The zero-order chi connectivity index (χ0) is 16.5. The normalized spacial score (nSPS) is 16.0. The minimum Gasteiger partial charge on any atom is -0.340 e. The molecule has 1 saturated heterocycles. The molecule has 0 saturated carbocycles. The Labute approximate surface area is 139 Å². The molecule has 3 aromatic rings. The predicted octanol–water partition coefficient (Wildman–Crippen LogP) is 1.28. The molecule has 1 aliphatic heterocycles. The van der Waals surface area contributed by atoms with Crippen LogP contribution >= 0.6 is 0 Å². The maximum atomic E-state index is 12.0. The van der Waals surface area contributed by atoms with Crippen LogP contribution in [0, 0.1) is 6.92 Å². The Morgan fingerprint density at radius 1 is 1.21 bits per heavy atom. The lowest BCUT2D eigenvalue weighted by Gasteiger charge is -2.35. The highest BCUT2D eigenvalue weighted by Crippen LogP contribution is 2.14. The van der Waals surface area contributed by atoms with Crippen molar-refractivity contribution in [2.75, 3.05) is 31.1 Å². The molecule has 2 aromatic heterocycles. The van der Waals surface area contributed by atoms with Gasteiger partial charge in [0, 0.05) is 32.7 Å². The quantitative estimate of drug-likeness (QED) is 0.758. The van der Waals surface area contributed by atoms with Crippen LogP contribution in [0.1, 0.15) is 11.1 Å². The summed E-state index contributed by atoms with van der Waals surface area (Å²) in [6, 6.07) is 8.63. The average Bonchev–Trinajstić information content (AvgIpc) is 3.05. The van der Waals surface area contributed by atoms with Gasteiger partial charge in [-0.25, -0.2) is 0 Å². The molecule has 0 aliphatic carbocycles. The second-order valence-electron chi connectivity index (χ2n) is 6.27. The molecule has 2 N–H and O–H groups in total. The zero-order valence-electron chi connectivity index (χ0n) is 13.6.